The van der Waals surface area contributed by atoms with E-state index >= 15 is 0 Å². The Kier molecular flexibility index (Phi) is 3.77. The molecule has 2 aromatic rings. The molecule has 1 heterocycles. The quantitative estimate of drug-likeness (QED) is 0.764. The zero-order chi connectivity index (χ0) is 15.0. The summed E-state index contributed by atoms with van der Waals surface area (Å²) in [5.41, 5.74) is 2.30. The van der Waals surface area contributed by atoms with E-state index in [1.54, 1.807) is 6.07 Å². The van der Waals surface area contributed by atoms with E-state index in [-0.39, 0.29) is 11.7 Å². The summed E-state index contributed by atoms with van der Waals surface area (Å²) in [6, 6.07) is 7.12. The van der Waals surface area contributed by atoms with Gasteiger partial charge in [0, 0.05) is 22.6 Å². The molecule has 0 N–H and O–H groups in total. The van der Waals surface area contributed by atoms with Crippen molar-refractivity contribution in [2.24, 2.45) is 0 Å². The van der Waals surface area contributed by atoms with E-state index in [0.29, 0.717) is 11.3 Å². The van der Waals surface area contributed by atoms with Crippen LogP contribution in [0.2, 0.25) is 0 Å². The van der Waals surface area contributed by atoms with Crippen LogP contribution in [0.25, 0.3) is 11.0 Å². The fraction of sp³-hybridized carbons (Fsp3) is 0.353. The maximum Gasteiger partial charge on any atom is 0.336 e. The second-order valence-corrected chi connectivity index (χ2v) is 6.03. The molecule has 1 aliphatic carbocycles. The van der Waals surface area contributed by atoms with E-state index < -0.39 is 0 Å². The Morgan fingerprint density at radius 2 is 2.19 bits per heavy atom. The van der Waals surface area contributed by atoms with E-state index in [0.717, 1.165) is 35.2 Å². The van der Waals surface area contributed by atoms with Crippen molar-refractivity contribution in [1.29, 1.82) is 0 Å². The Morgan fingerprint density at radius 3 is 2.95 bits per heavy atom. The summed E-state index contributed by atoms with van der Waals surface area (Å²) in [6.45, 7) is 3.80. The predicted octanol–water partition coefficient (Wildman–Crippen LogP) is 4.55. The van der Waals surface area contributed by atoms with Gasteiger partial charge >= 0.3 is 5.63 Å². The van der Waals surface area contributed by atoms with Crippen molar-refractivity contribution in [1.82, 2.24) is 0 Å². The zero-order valence-corrected chi connectivity index (χ0v) is 12.9. The van der Waals surface area contributed by atoms with Crippen molar-refractivity contribution in [3.05, 3.63) is 50.9 Å². The predicted molar refractivity (Wildman–Crippen MR) is 84.0 cm³/mol. The molecule has 1 fully saturated rings. The van der Waals surface area contributed by atoms with Crippen LogP contribution in [0.3, 0.4) is 0 Å². The molecule has 1 unspecified atom stereocenters. The molecule has 1 aromatic carbocycles. The van der Waals surface area contributed by atoms with Crippen molar-refractivity contribution < 1.29 is 9.15 Å². The van der Waals surface area contributed by atoms with Crippen LogP contribution in [0.4, 0.5) is 0 Å². The minimum absolute atomic E-state index is 0.0245. The van der Waals surface area contributed by atoms with Gasteiger partial charge in [-0.3, -0.25) is 0 Å². The van der Waals surface area contributed by atoms with Gasteiger partial charge in [-0.1, -0.05) is 11.6 Å². The number of ether oxygens (including phenoxy) is 1. The summed E-state index contributed by atoms with van der Waals surface area (Å²) >= 11 is 6.12. The molecule has 0 radical (unpaired) electrons. The number of aryl methyl sites for hydroxylation is 1. The van der Waals surface area contributed by atoms with Crippen molar-refractivity contribution in [2.75, 3.05) is 0 Å². The smallest absolute Gasteiger partial charge is 0.336 e. The zero-order valence-electron chi connectivity index (χ0n) is 12.1. The summed E-state index contributed by atoms with van der Waals surface area (Å²) in [4.78, 5) is 11.5. The number of fused-ring (bicyclic) bond motifs is 1. The van der Waals surface area contributed by atoms with E-state index in [9.17, 15) is 4.79 Å². The average Bonchev–Trinajstić information content (AvgIpc) is 2.86. The molecule has 0 amide bonds. The Hall–Kier alpha value is -1.74. The van der Waals surface area contributed by atoms with Gasteiger partial charge in [0.25, 0.3) is 0 Å². The van der Waals surface area contributed by atoms with Crippen LogP contribution < -0.4 is 10.4 Å². The molecule has 0 bridgehead atoms. The highest BCUT2D eigenvalue weighted by molar-refractivity contribution is 6.29. The molecule has 110 valence electrons. The lowest BCUT2D eigenvalue weighted by Crippen LogP contribution is -2.14. The second kappa shape index (κ2) is 5.57. The molecular formula is C17H17ClO3. The first kappa shape index (κ1) is 14.2. The number of benzene rings is 1. The molecule has 21 heavy (non-hydrogen) atoms. The molecule has 1 aliphatic rings. The largest absolute Gasteiger partial charge is 0.486 e. The molecule has 3 rings (SSSR count). The standard InChI is InChI=1S/C17H17ClO3/c1-10-8-17(19)21-16-9-12(6-7-13(10)16)20-15-5-3-4-14(15)11(2)18/h6-9,15H,3-5H2,1-2H3. The highest BCUT2D eigenvalue weighted by atomic mass is 35.5. The average molecular weight is 305 g/mol. The fourth-order valence-corrected chi connectivity index (χ4v) is 3.10. The van der Waals surface area contributed by atoms with Crippen LogP contribution in [0.1, 0.15) is 31.7 Å². The molecule has 1 aromatic heterocycles. The van der Waals surface area contributed by atoms with Gasteiger partial charge in [-0.05, 0) is 56.4 Å². The van der Waals surface area contributed by atoms with Crippen molar-refractivity contribution >= 4 is 22.6 Å². The normalized spacial score (nSPS) is 20.8. The third-order valence-electron chi connectivity index (χ3n) is 3.94. The van der Waals surface area contributed by atoms with E-state index in [1.807, 2.05) is 26.0 Å². The Balaban J connectivity index is 1.95. The van der Waals surface area contributed by atoms with Gasteiger partial charge in [0.2, 0.25) is 0 Å². The molecule has 3 nitrogen and oxygen atoms in total. The molecular weight excluding hydrogens is 288 g/mol. The van der Waals surface area contributed by atoms with Crippen molar-refractivity contribution in [2.45, 2.75) is 39.2 Å². The first-order valence-electron chi connectivity index (χ1n) is 7.11. The van der Waals surface area contributed by atoms with Crippen molar-refractivity contribution in [3.63, 3.8) is 0 Å². The first-order valence-corrected chi connectivity index (χ1v) is 7.49. The number of hydrogen-bond donors (Lipinski definition) is 0. The highest BCUT2D eigenvalue weighted by Gasteiger charge is 2.24. The summed E-state index contributed by atoms with van der Waals surface area (Å²) in [5, 5.41) is 1.75. The van der Waals surface area contributed by atoms with Gasteiger partial charge in [-0.25, -0.2) is 4.79 Å². The van der Waals surface area contributed by atoms with Gasteiger partial charge in [0.05, 0.1) is 0 Å². The molecule has 0 aliphatic heterocycles. The lowest BCUT2D eigenvalue weighted by Gasteiger charge is -2.16. The van der Waals surface area contributed by atoms with E-state index in [4.69, 9.17) is 20.8 Å². The number of halogens is 1. The SMILES string of the molecule is CC(Cl)=C1CCCC1Oc1ccc2c(C)cc(=O)oc2c1. The van der Waals surface area contributed by atoms with Gasteiger partial charge in [-0.15, -0.1) is 0 Å². The molecule has 4 heteroatoms. The lowest BCUT2D eigenvalue weighted by molar-refractivity contribution is 0.243. The van der Waals surface area contributed by atoms with Crippen LogP contribution in [-0.2, 0) is 0 Å². The minimum Gasteiger partial charge on any atom is -0.486 e. The first-order chi connectivity index (χ1) is 10.0. The Morgan fingerprint density at radius 1 is 1.38 bits per heavy atom. The van der Waals surface area contributed by atoms with E-state index in [2.05, 4.69) is 0 Å². The summed E-state index contributed by atoms with van der Waals surface area (Å²) < 4.78 is 11.3. The summed E-state index contributed by atoms with van der Waals surface area (Å²) in [6.07, 6.45) is 3.07. The number of allylic oxidation sites excluding steroid dienone is 1. The van der Waals surface area contributed by atoms with Crippen LogP contribution in [-0.4, -0.2) is 6.10 Å². The Bertz CT molecular complexity index is 769. The Labute approximate surface area is 128 Å². The second-order valence-electron chi connectivity index (χ2n) is 5.46. The lowest BCUT2D eigenvalue weighted by atomic mass is 10.1. The van der Waals surface area contributed by atoms with Crippen LogP contribution in [0.5, 0.6) is 5.75 Å². The number of rotatable bonds is 2. The minimum atomic E-state index is -0.338. The maximum absolute atomic E-state index is 11.5. The highest BCUT2D eigenvalue weighted by Crippen LogP contribution is 2.33. The van der Waals surface area contributed by atoms with Crippen molar-refractivity contribution in [3.8, 4) is 5.75 Å². The monoisotopic (exact) mass is 304 g/mol. The van der Waals surface area contributed by atoms with Gasteiger partial charge < -0.3 is 9.15 Å². The molecule has 1 saturated carbocycles. The topological polar surface area (TPSA) is 39.4 Å². The maximum atomic E-state index is 11.5. The van der Waals surface area contributed by atoms with Crippen LogP contribution in [0.15, 0.2) is 44.1 Å². The van der Waals surface area contributed by atoms with E-state index in [1.165, 1.54) is 11.6 Å². The molecule has 1 atom stereocenters. The number of hydrogen-bond acceptors (Lipinski definition) is 3. The van der Waals surface area contributed by atoms with Gasteiger partial charge in [0.1, 0.15) is 17.4 Å². The van der Waals surface area contributed by atoms with Crippen LogP contribution in [0, 0.1) is 6.92 Å². The van der Waals surface area contributed by atoms with Gasteiger partial charge in [0.15, 0.2) is 0 Å². The molecule has 0 spiro atoms. The fourth-order valence-electron chi connectivity index (χ4n) is 2.88. The third kappa shape index (κ3) is 2.84. The molecule has 0 saturated heterocycles. The van der Waals surface area contributed by atoms with Crippen LogP contribution >= 0.6 is 11.6 Å². The summed E-state index contributed by atoms with van der Waals surface area (Å²) in [5.74, 6) is 0.707. The summed E-state index contributed by atoms with van der Waals surface area (Å²) in [7, 11) is 0. The third-order valence-corrected chi connectivity index (χ3v) is 4.19. The van der Waals surface area contributed by atoms with Gasteiger partial charge in [-0.2, -0.15) is 0 Å².